The maximum Gasteiger partial charge on any atom is 0.229 e. The number of hydrogen-bond acceptors (Lipinski definition) is 6. The number of nitriles is 1. The molecule has 6 heteroatoms. The van der Waals surface area contributed by atoms with Crippen molar-refractivity contribution in [2.45, 2.75) is 0 Å². The number of nitrogens with zero attached hydrogens (tertiary/aromatic N) is 3. The minimum atomic E-state index is 0.443. The second-order valence-electron chi connectivity index (χ2n) is 6.47. The van der Waals surface area contributed by atoms with E-state index in [2.05, 4.69) is 26.7 Å². The zero-order chi connectivity index (χ0) is 20.8. The summed E-state index contributed by atoms with van der Waals surface area (Å²) in [6.45, 7) is 0. The summed E-state index contributed by atoms with van der Waals surface area (Å²) in [4.78, 5) is 9.28. The summed E-state index contributed by atoms with van der Waals surface area (Å²) >= 11 is 0. The van der Waals surface area contributed by atoms with E-state index in [0.29, 0.717) is 17.3 Å². The number of nitrogens with one attached hydrogen (secondary N) is 2. The van der Waals surface area contributed by atoms with Gasteiger partial charge in [0.2, 0.25) is 5.95 Å². The minimum absolute atomic E-state index is 0.443. The van der Waals surface area contributed by atoms with Gasteiger partial charge in [0.25, 0.3) is 0 Å². The lowest BCUT2D eigenvalue weighted by atomic mass is 10.1. The van der Waals surface area contributed by atoms with Gasteiger partial charge in [-0.05, 0) is 36.4 Å². The van der Waals surface area contributed by atoms with Crippen molar-refractivity contribution in [3.8, 4) is 23.1 Å². The van der Waals surface area contributed by atoms with Crippen LogP contribution in [0.3, 0.4) is 0 Å². The molecule has 4 aromatic rings. The van der Waals surface area contributed by atoms with Crippen LogP contribution in [0.1, 0.15) is 5.56 Å². The Kier molecular flexibility index (Phi) is 5.54. The van der Waals surface area contributed by atoms with Gasteiger partial charge in [-0.2, -0.15) is 10.2 Å². The molecule has 3 aromatic carbocycles. The standard InChI is InChI=1S/C24H19N5O/c1-30-22-10-6-5-9-20(22)27-23-15-21(18-7-3-2-4-8-18)28-24(29-23)26-19-13-11-17(16-25)12-14-19/h2-15H,1H3,(H2,26,27,28,29). The maximum atomic E-state index is 8.99. The van der Waals surface area contributed by atoms with Crippen LogP contribution in [0.2, 0.25) is 0 Å². The zero-order valence-corrected chi connectivity index (χ0v) is 16.3. The first kappa shape index (κ1) is 19.0. The number of anilines is 4. The van der Waals surface area contributed by atoms with Crippen molar-refractivity contribution < 1.29 is 4.74 Å². The minimum Gasteiger partial charge on any atom is -0.495 e. The molecule has 0 bridgehead atoms. The third-order valence-corrected chi connectivity index (χ3v) is 4.44. The molecule has 0 amide bonds. The smallest absolute Gasteiger partial charge is 0.229 e. The van der Waals surface area contributed by atoms with Crippen LogP contribution < -0.4 is 15.4 Å². The predicted molar refractivity (Wildman–Crippen MR) is 118 cm³/mol. The van der Waals surface area contributed by atoms with Gasteiger partial charge < -0.3 is 15.4 Å². The highest BCUT2D eigenvalue weighted by atomic mass is 16.5. The van der Waals surface area contributed by atoms with Gasteiger partial charge in [0.15, 0.2) is 0 Å². The van der Waals surface area contributed by atoms with Gasteiger partial charge in [0.1, 0.15) is 11.6 Å². The van der Waals surface area contributed by atoms with E-state index in [1.165, 1.54) is 0 Å². The fourth-order valence-electron chi connectivity index (χ4n) is 2.97. The molecule has 0 aliphatic rings. The van der Waals surface area contributed by atoms with E-state index in [1.807, 2.05) is 72.8 Å². The highest BCUT2D eigenvalue weighted by molar-refractivity contribution is 5.71. The molecule has 0 unspecified atom stereocenters. The van der Waals surface area contributed by atoms with Crippen molar-refractivity contribution in [3.63, 3.8) is 0 Å². The first-order valence-electron chi connectivity index (χ1n) is 9.37. The van der Waals surface area contributed by atoms with E-state index in [-0.39, 0.29) is 0 Å². The van der Waals surface area contributed by atoms with E-state index in [4.69, 9.17) is 10.00 Å². The van der Waals surface area contributed by atoms with Crippen LogP contribution in [-0.4, -0.2) is 17.1 Å². The molecule has 30 heavy (non-hydrogen) atoms. The van der Waals surface area contributed by atoms with Crippen molar-refractivity contribution in [1.82, 2.24) is 9.97 Å². The van der Waals surface area contributed by atoms with Crippen LogP contribution in [-0.2, 0) is 0 Å². The molecule has 146 valence electrons. The van der Waals surface area contributed by atoms with Gasteiger partial charge in [-0.25, -0.2) is 4.98 Å². The summed E-state index contributed by atoms with van der Waals surface area (Å²) in [5, 5.41) is 15.5. The van der Waals surface area contributed by atoms with E-state index in [1.54, 1.807) is 19.2 Å². The van der Waals surface area contributed by atoms with Crippen molar-refractivity contribution >= 4 is 23.1 Å². The second kappa shape index (κ2) is 8.76. The molecule has 0 saturated carbocycles. The lowest BCUT2D eigenvalue weighted by molar-refractivity contribution is 0.417. The Labute approximate surface area is 174 Å². The lowest BCUT2D eigenvalue weighted by Gasteiger charge is -2.13. The van der Waals surface area contributed by atoms with Gasteiger partial charge >= 0.3 is 0 Å². The summed E-state index contributed by atoms with van der Waals surface area (Å²) in [5.41, 5.74) is 3.95. The average Bonchev–Trinajstić information content (AvgIpc) is 2.80. The van der Waals surface area contributed by atoms with Crippen LogP contribution in [0, 0.1) is 11.3 Å². The van der Waals surface area contributed by atoms with E-state index in [0.717, 1.165) is 28.4 Å². The molecule has 4 rings (SSSR count). The van der Waals surface area contributed by atoms with Crippen LogP contribution in [0.15, 0.2) is 84.9 Å². The van der Waals surface area contributed by atoms with Crippen LogP contribution in [0.25, 0.3) is 11.3 Å². The Morgan fingerprint density at radius 2 is 1.57 bits per heavy atom. The van der Waals surface area contributed by atoms with Crippen LogP contribution in [0.4, 0.5) is 23.1 Å². The van der Waals surface area contributed by atoms with E-state index < -0.39 is 0 Å². The third-order valence-electron chi connectivity index (χ3n) is 4.44. The predicted octanol–water partition coefficient (Wildman–Crippen LogP) is 5.51. The number of aromatic nitrogens is 2. The van der Waals surface area contributed by atoms with Gasteiger partial charge in [-0.15, -0.1) is 0 Å². The average molecular weight is 393 g/mol. The molecule has 1 heterocycles. The monoisotopic (exact) mass is 393 g/mol. The summed E-state index contributed by atoms with van der Waals surface area (Å²) in [6.07, 6.45) is 0. The van der Waals surface area contributed by atoms with E-state index in [9.17, 15) is 0 Å². The SMILES string of the molecule is COc1ccccc1Nc1cc(-c2ccccc2)nc(Nc2ccc(C#N)cc2)n1. The van der Waals surface area contributed by atoms with Crippen LogP contribution >= 0.6 is 0 Å². The fourth-order valence-corrected chi connectivity index (χ4v) is 2.97. The van der Waals surface area contributed by atoms with Crippen molar-refractivity contribution in [2.75, 3.05) is 17.7 Å². The summed E-state index contributed by atoms with van der Waals surface area (Å²) in [5.74, 6) is 1.79. The first-order valence-corrected chi connectivity index (χ1v) is 9.37. The molecule has 6 nitrogen and oxygen atoms in total. The zero-order valence-electron chi connectivity index (χ0n) is 16.3. The summed E-state index contributed by atoms with van der Waals surface area (Å²) in [7, 11) is 1.63. The Balaban J connectivity index is 1.71. The van der Waals surface area contributed by atoms with Gasteiger partial charge in [0, 0.05) is 17.3 Å². The Hall–Kier alpha value is -4.37. The Morgan fingerprint density at radius 1 is 0.833 bits per heavy atom. The largest absolute Gasteiger partial charge is 0.495 e. The molecule has 0 fully saturated rings. The second-order valence-corrected chi connectivity index (χ2v) is 6.47. The van der Waals surface area contributed by atoms with Crippen LogP contribution in [0.5, 0.6) is 5.75 Å². The molecule has 0 radical (unpaired) electrons. The lowest BCUT2D eigenvalue weighted by Crippen LogP contribution is -2.03. The van der Waals surface area contributed by atoms with Crippen molar-refractivity contribution in [1.29, 1.82) is 5.26 Å². The van der Waals surface area contributed by atoms with Gasteiger partial charge in [0.05, 0.1) is 30.1 Å². The molecule has 2 N–H and O–H groups in total. The highest BCUT2D eigenvalue weighted by Crippen LogP contribution is 2.29. The molecular formula is C24H19N5O. The fraction of sp³-hybridized carbons (Fsp3) is 0.0417. The highest BCUT2D eigenvalue weighted by Gasteiger charge is 2.10. The molecule has 0 spiro atoms. The first-order chi connectivity index (χ1) is 14.7. The van der Waals surface area contributed by atoms with Gasteiger partial charge in [-0.1, -0.05) is 42.5 Å². The quantitative estimate of drug-likeness (QED) is 0.449. The summed E-state index contributed by atoms with van der Waals surface area (Å²) in [6, 6.07) is 28.7. The molecule has 0 aliphatic carbocycles. The maximum absolute atomic E-state index is 8.99. The number of methoxy groups -OCH3 is 1. The Bertz CT molecular complexity index is 1180. The molecule has 0 atom stereocenters. The molecular weight excluding hydrogens is 374 g/mol. The normalized spacial score (nSPS) is 10.1. The number of benzene rings is 3. The van der Waals surface area contributed by atoms with Gasteiger partial charge in [-0.3, -0.25) is 0 Å². The summed E-state index contributed by atoms with van der Waals surface area (Å²) < 4.78 is 5.43. The number of ether oxygens (including phenoxy) is 1. The number of para-hydroxylation sites is 2. The number of hydrogen-bond donors (Lipinski definition) is 2. The number of rotatable bonds is 6. The third kappa shape index (κ3) is 4.37. The van der Waals surface area contributed by atoms with Crippen molar-refractivity contribution in [3.05, 3.63) is 90.5 Å². The molecule has 0 saturated heterocycles. The van der Waals surface area contributed by atoms with Crippen molar-refractivity contribution in [2.24, 2.45) is 0 Å². The molecule has 0 aliphatic heterocycles. The Morgan fingerprint density at radius 3 is 2.30 bits per heavy atom. The van der Waals surface area contributed by atoms with E-state index >= 15 is 0 Å². The topological polar surface area (TPSA) is 82.9 Å². The molecule has 1 aromatic heterocycles.